The zero-order valence-electron chi connectivity index (χ0n) is 13.1. The molecule has 1 aliphatic heterocycles. The molecule has 0 aromatic heterocycles. The molecule has 0 spiro atoms. The lowest BCUT2D eigenvalue weighted by Gasteiger charge is -2.37. The molecule has 0 bridgehead atoms. The topological polar surface area (TPSA) is 55.6 Å². The summed E-state index contributed by atoms with van der Waals surface area (Å²) in [6.45, 7) is 3.82. The van der Waals surface area contributed by atoms with Gasteiger partial charge < -0.3 is 10.5 Å². The Kier molecular flexibility index (Phi) is 3.85. The average Bonchev–Trinajstić information content (AvgIpc) is 2.70. The van der Waals surface area contributed by atoms with Gasteiger partial charge in [0.1, 0.15) is 11.4 Å². The van der Waals surface area contributed by atoms with Crippen LogP contribution in [0.2, 0.25) is 0 Å². The molecule has 4 nitrogen and oxygen atoms in total. The largest absolute Gasteiger partial charge is 0.441 e. The normalized spacial score (nSPS) is 31.2. The highest BCUT2D eigenvalue weighted by atomic mass is 19.1. The third kappa shape index (κ3) is 2.70. The van der Waals surface area contributed by atoms with Crippen molar-refractivity contribution in [2.75, 3.05) is 0 Å². The molecule has 0 radical (unpaired) electrons. The van der Waals surface area contributed by atoms with E-state index in [0.717, 1.165) is 31.2 Å². The molecule has 0 unspecified atom stereocenters. The highest BCUT2D eigenvalue weighted by molar-refractivity contribution is 5.72. The third-order valence-corrected chi connectivity index (χ3v) is 4.82. The summed E-state index contributed by atoms with van der Waals surface area (Å²) in [6, 6.07) is 6.53. The molecular formula is C17H23FN2O2. The number of nitrogens with two attached hydrogens (primary N) is 1. The molecule has 5 heteroatoms. The molecule has 1 saturated heterocycles. The molecule has 1 aromatic rings. The van der Waals surface area contributed by atoms with Gasteiger partial charge in [-0.15, -0.1) is 0 Å². The van der Waals surface area contributed by atoms with E-state index in [0.29, 0.717) is 0 Å². The minimum Gasteiger partial charge on any atom is -0.441 e. The number of hydrogen-bond acceptors (Lipinski definition) is 3. The zero-order valence-corrected chi connectivity index (χ0v) is 13.1. The Morgan fingerprint density at radius 1 is 1.18 bits per heavy atom. The summed E-state index contributed by atoms with van der Waals surface area (Å²) >= 11 is 0. The van der Waals surface area contributed by atoms with Gasteiger partial charge in [0.25, 0.3) is 0 Å². The van der Waals surface area contributed by atoms with Crippen molar-refractivity contribution in [2.45, 2.75) is 63.3 Å². The van der Waals surface area contributed by atoms with Crippen molar-refractivity contribution in [2.24, 2.45) is 5.73 Å². The average molecular weight is 306 g/mol. The van der Waals surface area contributed by atoms with Crippen LogP contribution in [0.4, 0.5) is 9.18 Å². The van der Waals surface area contributed by atoms with Crippen molar-refractivity contribution in [3.05, 3.63) is 35.6 Å². The Hall–Kier alpha value is -1.62. The quantitative estimate of drug-likeness (QED) is 0.911. The summed E-state index contributed by atoms with van der Waals surface area (Å²) < 4.78 is 18.8. The van der Waals surface area contributed by atoms with E-state index in [1.54, 1.807) is 12.1 Å². The number of carbonyl (C=O) groups is 1. The van der Waals surface area contributed by atoms with E-state index >= 15 is 0 Å². The fraction of sp³-hybridized carbons (Fsp3) is 0.588. The van der Waals surface area contributed by atoms with Crippen molar-refractivity contribution in [1.82, 2.24) is 4.90 Å². The number of hydrogen-bond donors (Lipinski definition) is 1. The summed E-state index contributed by atoms with van der Waals surface area (Å²) in [5.41, 5.74) is 6.25. The van der Waals surface area contributed by atoms with Crippen molar-refractivity contribution in [3.63, 3.8) is 0 Å². The molecule has 1 aromatic carbocycles. The lowest BCUT2D eigenvalue weighted by molar-refractivity contribution is 0.0664. The maximum absolute atomic E-state index is 13.2. The van der Waals surface area contributed by atoms with Gasteiger partial charge in [-0.2, -0.15) is 0 Å². The second-order valence-electron chi connectivity index (χ2n) is 6.90. The second-order valence-corrected chi connectivity index (χ2v) is 6.90. The van der Waals surface area contributed by atoms with E-state index in [1.165, 1.54) is 12.1 Å². The van der Waals surface area contributed by atoms with Gasteiger partial charge in [0.05, 0.1) is 6.04 Å². The molecule has 2 N–H and O–H groups in total. The zero-order chi connectivity index (χ0) is 15.9. The van der Waals surface area contributed by atoms with Crippen LogP contribution in [0.1, 0.15) is 51.1 Å². The van der Waals surface area contributed by atoms with Crippen molar-refractivity contribution < 1.29 is 13.9 Å². The number of ether oxygens (including phenoxy) is 1. The summed E-state index contributed by atoms with van der Waals surface area (Å²) in [6.07, 6.45) is 3.35. The highest BCUT2D eigenvalue weighted by Gasteiger charge is 2.51. The predicted octanol–water partition coefficient (Wildman–Crippen LogP) is 3.37. The Balaban J connectivity index is 1.92. The lowest BCUT2D eigenvalue weighted by atomic mass is 9.86. The van der Waals surface area contributed by atoms with Crippen LogP contribution in [0.5, 0.6) is 0 Å². The van der Waals surface area contributed by atoms with E-state index in [2.05, 4.69) is 0 Å². The molecule has 2 fully saturated rings. The highest BCUT2D eigenvalue weighted by Crippen LogP contribution is 2.44. The van der Waals surface area contributed by atoms with Crippen LogP contribution in [-0.4, -0.2) is 28.7 Å². The Morgan fingerprint density at radius 2 is 1.77 bits per heavy atom. The van der Waals surface area contributed by atoms with Gasteiger partial charge in [-0.05, 0) is 57.2 Å². The molecule has 120 valence electrons. The number of carbonyl (C=O) groups excluding carboxylic acids is 1. The first kappa shape index (κ1) is 15.3. The molecule has 1 atom stereocenters. The summed E-state index contributed by atoms with van der Waals surface area (Å²) in [5, 5.41) is 0. The fourth-order valence-electron chi connectivity index (χ4n) is 3.72. The first-order valence-corrected chi connectivity index (χ1v) is 7.91. The first-order valence-electron chi connectivity index (χ1n) is 7.91. The van der Waals surface area contributed by atoms with E-state index in [9.17, 15) is 9.18 Å². The van der Waals surface area contributed by atoms with Crippen LogP contribution in [0.15, 0.2) is 24.3 Å². The van der Waals surface area contributed by atoms with E-state index < -0.39 is 5.60 Å². The van der Waals surface area contributed by atoms with Crippen LogP contribution in [0.25, 0.3) is 0 Å². The van der Waals surface area contributed by atoms with Crippen molar-refractivity contribution in [3.8, 4) is 0 Å². The van der Waals surface area contributed by atoms with Crippen molar-refractivity contribution >= 4 is 6.09 Å². The van der Waals surface area contributed by atoms with Gasteiger partial charge in [-0.3, -0.25) is 4.90 Å². The van der Waals surface area contributed by atoms with Gasteiger partial charge in [0.2, 0.25) is 0 Å². The number of cyclic esters (lactones) is 1. The predicted molar refractivity (Wildman–Crippen MR) is 81.8 cm³/mol. The second kappa shape index (κ2) is 5.54. The maximum atomic E-state index is 13.2. The minimum atomic E-state index is -0.630. The fourth-order valence-corrected chi connectivity index (χ4v) is 3.72. The van der Waals surface area contributed by atoms with Gasteiger partial charge in [0.15, 0.2) is 0 Å². The smallest absolute Gasteiger partial charge is 0.411 e. The molecule has 2 aliphatic rings. The third-order valence-electron chi connectivity index (χ3n) is 4.82. The maximum Gasteiger partial charge on any atom is 0.411 e. The number of amides is 1. The Morgan fingerprint density at radius 3 is 2.36 bits per heavy atom. The summed E-state index contributed by atoms with van der Waals surface area (Å²) in [4.78, 5) is 14.3. The van der Waals surface area contributed by atoms with Gasteiger partial charge in [-0.25, -0.2) is 9.18 Å². The van der Waals surface area contributed by atoms with Gasteiger partial charge in [-0.1, -0.05) is 12.1 Å². The SMILES string of the molecule is CC1(C)OC(=O)N([C@H]2CC[C@H](N)CC2)[C@H]1c1ccc(F)cc1. The van der Waals surface area contributed by atoms with E-state index in [1.807, 2.05) is 18.7 Å². The van der Waals surface area contributed by atoms with Crippen molar-refractivity contribution in [1.29, 1.82) is 0 Å². The van der Waals surface area contributed by atoms with Crippen LogP contribution < -0.4 is 5.73 Å². The molecular weight excluding hydrogens is 283 g/mol. The molecule has 1 aliphatic carbocycles. The summed E-state index contributed by atoms with van der Waals surface area (Å²) in [7, 11) is 0. The van der Waals surface area contributed by atoms with Gasteiger partial charge >= 0.3 is 6.09 Å². The summed E-state index contributed by atoms with van der Waals surface area (Å²) in [5.74, 6) is -0.276. The van der Waals surface area contributed by atoms with E-state index in [-0.39, 0.29) is 30.0 Å². The van der Waals surface area contributed by atoms with Crippen LogP contribution in [0.3, 0.4) is 0 Å². The minimum absolute atomic E-state index is 0.143. The first-order chi connectivity index (χ1) is 10.4. The molecule has 22 heavy (non-hydrogen) atoms. The number of benzene rings is 1. The van der Waals surface area contributed by atoms with Crippen LogP contribution in [-0.2, 0) is 4.74 Å². The molecule has 3 rings (SSSR count). The standard InChI is InChI=1S/C17H23FN2O2/c1-17(2)15(11-3-5-12(18)6-4-11)20(16(21)22-17)14-9-7-13(19)8-10-14/h3-6,13-15H,7-10,19H2,1-2H3/t13-,14-,15-/m0/s1. The van der Waals surface area contributed by atoms with E-state index in [4.69, 9.17) is 10.5 Å². The van der Waals surface area contributed by atoms with Gasteiger partial charge in [0, 0.05) is 12.1 Å². The number of nitrogens with zero attached hydrogens (tertiary/aromatic N) is 1. The molecule has 1 saturated carbocycles. The Labute approximate surface area is 130 Å². The molecule has 1 heterocycles. The number of rotatable bonds is 2. The Bertz CT molecular complexity index is 550. The van der Waals surface area contributed by atoms with Crippen LogP contribution >= 0.6 is 0 Å². The molecule has 1 amide bonds. The lowest BCUT2D eigenvalue weighted by Crippen LogP contribution is -2.44. The number of halogens is 1. The van der Waals surface area contributed by atoms with Crippen LogP contribution in [0, 0.1) is 5.82 Å². The monoisotopic (exact) mass is 306 g/mol.